The lowest BCUT2D eigenvalue weighted by atomic mass is 9.70. The summed E-state index contributed by atoms with van der Waals surface area (Å²) in [5, 5.41) is 5.89. The van der Waals surface area contributed by atoms with Crippen LogP contribution in [-0.2, 0) is 9.59 Å². The molecule has 2 aliphatic rings. The number of hydrogen-bond donors (Lipinski definition) is 3. The van der Waals surface area contributed by atoms with Gasteiger partial charge in [0.2, 0.25) is 11.8 Å². The number of nitrogens with one attached hydrogen (secondary N) is 3. The van der Waals surface area contributed by atoms with E-state index in [1.807, 2.05) is 0 Å². The maximum absolute atomic E-state index is 14.4. The van der Waals surface area contributed by atoms with Crippen LogP contribution in [0.4, 0.5) is 13.2 Å². The van der Waals surface area contributed by atoms with Crippen molar-refractivity contribution in [1.82, 2.24) is 15.6 Å². The minimum Gasteiger partial charge on any atom is -0.354 e. The van der Waals surface area contributed by atoms with Gasteiger partial charge in [0.15, 0.2) is 0 Å². The minimum absolute atomic E-state index is 0.0558. The van der Waals surface area contributed by atoms with E-state index >= 15 is 0 Å². The van der Waals surface area contributed by atoms with Gasteiger partial charge in [-0.1, -0.05) is 0 Å². The normalized spacial score (nSPS) is 22.5. The summed E-state index contributed by atoms with van der Waals surface area (Å²) in [5.74, 6) is -1.73. The van der Waals surface area contributed by atoms with Gasteiger partial charge in [-0.15, -0.1) is 0 Å². The molecule has 2 fully saturated rings. The zero-order valence-electron chi connectivity index (χ0n) is 16.5. The Balaban J connectivity index is 1.38. The predicted octanol–water partition coefficient (Wildman–Crippen LogP) is 3.75. The summed E-state index contributed by atoms with van der Waals surface area (Å²) in [5.41, 5.74) is 2.40. The number of rotatable bonds is 5. The van der Waals surface area contributed by atoms with Gasteiger partial charge in [0.25, 0.3) is 0 Å². The molecule has 1 aliphatic heterocycles. The molecular formula is C23H20F3N3O2. The number of hydrogen-bond acceptors (Lipinski definition) is 2. The average molecular weight is 427 g/mol. The summed E-state index contributed by atoms with van der Waals surface area (Å²) in [4.78, 5) is 26.0. The van der Waals surface area contributed by atoms with E-state index in [4.69, 9.17) is 0 Å². The topological polar surface area (TPSA) is 74.0 Å². The van der Waals surface area contributed by atoms with E-state index in [0.29, 0.717) is 23.2 Å². The lowest BCUT2D eigenvalue weighted by Gasteiger charge is -2.37. The van der Waals surface area contributed by atoms with Gasteiger partial charge in [-0.25, -0.2) is 13.2 Å². The molecule has 5 nitrogen and oxygen atoms in total. The number of carbonyl (C=O) groups is 2. The van der Waals surface area contributed by atoms with Crippen molar-refractivity contribution in [2.24, 2.45) is 5.92 Å². The second kappa shape index (κ2) is 7.44. The Labute approximate surface area is 176 Å². The van der Waals surface area contributed by atoms with Gasteiger partial charge >= 0.3 is 0 Å². The molecular weight excluding hydrogens is 407 g/mol. The van der Waals surface area contributed by atoms with Gasteiger partial charge in [-0.05, 0) is 66.1 Å². The Morgan fingerprint density at radius 3 is 2.45 bits per heavy atom. The van der Waals surface area contributed by atoms with Crippen molar-refractivity contribution in [1.29, 1.82) is 0 Å². The van der Waals surface area contributed by atoms with Gasteiger partial charge in [-0.2, -0.15) is 0 Å². The maximum atomic E-state index is 14.4. The smallest absolute Gasteiger partial charge is 0.243 e. The molecule has 1 aliphatic carbocycles. The molecule has 3 aromatic rings. The van der Waals surface area contributed by atoms with E-state index in [1.165, 1.54) is 18.2 Å². The molecule has 0 radical (unpaired) electrons. The van der Waals surface area contributed by atoms with E-state index in [0.717, 1.165) is 24.5 Å². The van der Waals surface area contributed by atoms with Crippen molar-refractivity contribution < 1.29 is 22.8 Å². The van der Waals surface area contributed by atoms with E-state index in [2.05, 4.69) is 15.6 Å². The molecule has 0 bridgehead atoms. The highest BCUT2D eigenvalue weighted by Crippen LogP contribution is 2.48. The van der Waals surface area contributed by atoms with Crippen LogP contribution in [0.25, 0.3) is 22.2 Å². The molecule has 2 amide bonds. The summed E-state index contributed by atoms with van der Waals surface area (Å²) < 4.78 is 41.8. The van der Waals surface area contributed by atoms with E-state index < -0.39 is 17.7 Å². The number of amides is 2. The monoisotopic (exact) mass is 427 g/mol. The third-order valence-corrected chi connectivity index (χ3v) is 6.25. The van der Waals surface area contributed by atoms with Gasteiger partial charge in [0.05, 0.1) is 17.6 Å². The van der Waals surface area contributed by atoms with Crippen LogP contribution >= 0.6 is 0 Å². The highest BCUT2D eigenvalue weighted by Gasteiger charge is 2.36. The molecule has 1 atom stereocenters. The van der Waals surface area contributed by atoms with E-state index in [1.54, 1.807) is 12.1 Å². The molecule has 0 spiro atoms. The summed E-state index contributed by atoms with van der Waals surface area (Å²) >= 11 is 0. The second-order valence-electron chi connectivity index (χ2n) is 8.33. The molecule has 1 saturated heterocycles. The fourth-order valence-electron chi connectivity index (χ4n) is 4.53. The van der Waals surface area contributed by atoms with Crippen LogP contribution in [0.1, 0.15) is 30.7 Å². The summed E-state index contributed by atoms with van der Waals surface area (Å²) in [6, 6.07) is 7.61. The first-order valence-electron chi connectivity index (χ1n) is 10.2. The van der Waals surface area contributed by atoms with Gasteiger partial charge in [0.1, 0.15) is 23.5 Å². The predicted molar refractivity (Wildman–Crippen MR) is 109 cm³/mol. The first-order chi connectivity index (χ1) is 14.9. The van der Waals surface area contributed by atoms with Crippen LogP contribution < -0.4 is 10.6 Å². The van der Waals surface area contributed by atoms with Crippen LogP contribution in [0.3, 0.4) is 0 Å². The van der Waals surface area contributed by atoms with Crippen LogP contribution in [0.15, 0.2) is 36.4 Å². The Morgan fingerprint density at radius 2 is 1.77 bits per heavy atom. The van der Waals surface area contributed by atoms with Crippen molar-refractivity contribution in [2.75, 3.05) is 6.54 Å². The first-order valence-corrected chi connectivity index (χ1v) is 10.2. The molecule has 3 N–H and O–H groups in total. The third kappa shape index (κ3) is 3.56. The highest BCUT2D eigenvalue weighted by molar-refractivity contribution is 5.97. The number of benzene rings is 2. The first kappa shape index (κ1) is 19.7. The number of aromatic nitrogens is 1. The Kier molecular flexibility index (Phi) is 4.72. The largest absolute Gasteiger partial charge is 0.354 e. The molecule has 2 aromatic carbocycles. The van der Waals surface area contributed by atoms with Crippen molar-refractivity contribution in [3.63, 3.8) is 0 Å². The molecule has 2 heterocycles. The Hall–Kier alpha value is -3.29. The van der Waals surface area contributed by atoms with Crippen LogP contribution in [0.2, 0.25) is 0 Å². The van der Waals surface area contributed by atoms with Gasteiger partial charge < -0.3 is 15.6 Å². The summed E-state index contributed by atoms with van der Waals surface area (Å²) in [7, 11) is 0. The molecule has 1 aromatic heterocycles. The Bertz CT molecular complexity index is 1170. The number of aromatic amines is 1. The molecule has 1 saturated carbocycles. The molecule has 5 rings (SSSR count). The molecule has 8 heteroatoms. The number of carbonyl (C=O) groups excluding carboxylic acids is 2. The van der Waals surface area contributed by atoms with E-state index in [9.17, 15) is 22.8 Å². The van der Waals surface area contributed by atoms with Crippen LogP contribution in [0.5, 0.6) is 0 Å². The fraction of sp³-hybridized carbons (Fsp3) is 0.304. The zero-order valence-corrected chi connectivity index (χ0v) is 16.5. The van der Waals surface area contributed by atoms with Crippen molar-refractivity contribution >= 4 is 22.7 Å². The second-order valence-corrected chi connectivity index (χ2v) is 8.33. The fourth-order valence-corrected chi connectivity index (χ4v) is 4.53. The van der Waals surface area contributed by atoms with E-state index in [-0.39, 0.29) is 41.4 Å². The highest BCUT2D eigenvalue weighted by atomic mass is 19.1. The minimum atomic E-state index is -0.671. The SMILES string of the molecule is O=C1C[C@@H](C(=O)NC[C@H]2C[C@H](c3c(-c4ccc(F)cc4)[nH]c4c(F)cc(F)cc43)C2)N1. The number of H-pyrrole nitrogens is 1. The quantitative estimate of drug-likeness (QED) is 0.543. The zero-order chi connectivity index (χ0) is 21.7. The molecule has 160 valence electrons. The van der Waals surface area contributed by atoms with Crippen molar-refractivity contribution in [3.8, 4) is 11.3 Å². The number of fused-ring (bicyclic) bond motifs is 1. The Morgan fingerprint density at radius 1 is 1.06 bits per heavy atom. The van der Waals surface area contributed by atoms with Crippen LogP contribution in [0, 0.1) is 23.4 Å². The summed E-state index contributed by atoms with van der Waals surface area (Å²) in [6.07, 6.45) is 1.71. The van der Waals surface area contributed by atoms with Crippen LogP contribution in [-0.4, -0.2) is 29.4 Å². The average Bonchev–Trinajstić information content (AvgIpc) is 3.04. The lowest BCUT2D eigenvalue weighted by Crippen LogP contribution is -2.57. The number of β-lactam (4-membered cyclic amide) rings is 1. The standard InChI is InChI=1S/C23H20F3N3O2/c24-14-3-1-12(2-4-14)21-20(16-7-15(25)8-17(26)22(16)29-21)13-5-11(6-13)10-27-23(31)18-9-19(30)28-18/h1-4,7-8,11,13,18,29H,5-6,9-10H2,(H,27,31)(H,28,30)/t11-,13-,18-/m0/s1. The van der Waals surface area contributed by atoms with Crippen molar-refractivity contribution in [2.45, 2.75) is 31.2 Å². The van der Waals surface area contributed by atoms with Gasteiger partial charge in [0, 0.05) is 18.0 Å². The lowest BCUT2D eigenvalue weighted by molar-refractivity contribution is -0.137. The number of halogens is 3. The van der Waals surface area contributed by atoms with Gasteiger partial charge in [-0.3, -0.25) is 9.59 Å². The molecule has 31 heavy (non-hydrogen) atoms. The molecule has 0 unspecified atom stereocenters. The maximum Gasteiger partial charge on any atom is 0.243 e. The summed E-state index contributed by atoms with van der Waals surface area (Å²) in [6.45, 7) is 0.485. The van der Waals surface area contributed by atoms with Crippen molar-refractivity contribution in [3.05, 3.63) is 59.4 Å². The third-order valence-electron chi connectivity index (χ3n) is 6.25.